The molecule has 1 aliphatic rings. The van der Waals surface area contributed by atoms with Crippen molar-refractivity contribution in [3.8, 4) is 0 Å². The van der Waals surface area contributed by atoms with E-state index in [1.807, 2.05) is 10.7 Å². The summed E-state index contributed by atoms with van der Waals surface area (Å²) >= 11 is 0. The van der Waals surface area contributed by atoms with Crippen molar-refractivity contribution in [3.63, 3.8) is 0 Å². The van der Waals surface area contributed by atoms with E-state index in [1.54, 1.807) is 13.0 Å². The number of aromatic nitrogens is 2. The fourth-order valence-corrected chi connectivity index (χ4v) is 2.92. The van der Waals surface area contributed by atoms with Gasteiger partial charge in [0.1, 0.15) is 22.8 Å². The lowest BCUT2D eigenvalue weighted by Crippen LogP contribution is -2.27. The molecule has 0 aliphatic heterocycles. The van der Waals surface area contributed by atoms with E-state index in [0.717, 1.165) is 18.5 Å². The number of hydrogen-bond donors (Lipinski definition) is 1. The van der Waals surface area contributed by atoms with Gasteiger partial charge in [0.2, 0.25) is 0 Å². The summed E-state index contributed by atoms with van der Waals surface area (Å²) in [4.78, 5) is 24.1. The number of methoxy groups -OCH3 is 1. The lowest BCUT2D eigenvalue weighted by molar-refractivity contribution is 0.0598. The maximum absolute atomic E-state index is 12.5. The number of carbonyl (C=O) groups is 2. The fourth-order valence-electron chi connectivity index (χ4n) is 2.92. The van der Waals surface area contributed by atoms with Gasteiger partial charge in [0.25, 0.3) is 5.91 Å². The molecule has 1 amide bonds. The van der Waals surface area contributed by atoms with E-state index in [4.69, 9.17) is 9.15 Å². The van der Waals surface area contributed by atoms with Gasteiger partial charge in [-0.25, -0.2) is 4.79 Å². The Kier molecular flexibility index (Phi) is 4.64. The molecule has 2 aromatic rings. The van der Waals surface area contributed by atoms with Crippen LogP contribution in [-0.2, 0) is 16.8 Å². The second kappa shape index (κ2) is 6.63. The summed E-state index contributed by atoms with van der Waals surface area (Å²) in [5.74, 6) is 0.743. The van der Waals surface area contributed by atoms with Crippen LogP contribution in [0.2, 0.25) is 0 Å². The monoisotopic (exact) mass is 359 g/mol. The molecule has 0 spiro atoms. The highest BCUT2D eigenvalue weighted by molar-refractivity contribution is 5.92. The first-order valence-corrected chi connectivity index (χ1v) is 8.77. The van der Waals surface area contributed by atoms with E-state index >= 15 is 0 Å². The molecule has 3 rings (SSSR count). The van der Waals surface area contributed by atoms with Crippen molar-refractivity contribution in [3.05, 3.63) is 40.6 Å². The number of nitrogens with one attached hydrogen (secondary N) is 1. The van der Waals surface area contributed by atoms with Crippen LogP contribution < -0.4 is 5.32 Å². The van der Waals surface area contributed by atoms with Gasteiger partial charge in [-0.2, -0.15) is 5.10 Å². The molecule has 26 heavy (non-hydrogen) atoms. The van der Waals surface area contributed by atoms with Gasteiger partial charge >= 0.3 is 5.97 Å². The van der Waals surface area contributed by atoms with Crippen LogP contribution in [0.1, 0.15) is 77.6 Å². The Morgan fingerprint density at radius 1 is 1.35 bits per heavy atom. The number of amides is 1. The van der Waals surface area contributed by atoms with Gasteiger partial charge in [-0.1, -0.05) is 0 Å². The van der Waals surface area contributed by atoms with Crippen molar-refractivity contribution in [1.29, 1.82) is 0 Å². The minimum Gasteiger partial charge on any atom is -0.465 e. The molecule has 140 valence electrons. The van der Waals surface area contributed by atoms with Gasteiger partial charge in [-0.15, -0.1) is 0 Å². The van der Waals surface area contributed by atoms with Crippen molar-refractivity contribution in [2.45, 2.75) is 58.5 Å². The first-order chi connectivity index (χ1) is 12.2. The Labute approximate surface area is 152 Å². The van der Waals surface area contributed by atoms with E-state index in [1.165, 1.54) is 7.11 Å². The summed E-state index contributed by atoms with van der Waals surface area (Å²) in [6, 6.07) is 3.47. The molecular formula is C19H25N3O4. The highest BCUT2D eigenvalue weighted by Gasteiger charge is 2.32. The zero-order valence-corrected chi connectivity index (χ0v) is 15.9. The van der Waals surface area contributed by atoms with Gasteiger partial charge < -0.3 is 14.5 Å². The van der Waals surface area contributed by atoms with Crippen LogP contribution >= 0.6 is 0 Å². The maximum Gasteiger partial charge on any atom is 0.341 e. The molecule has 0 atom stereocenters. The summed E-state index contributed by atoms with van der Waals surface area (Å²) in [5.41, 5.74) is 1.71. The molecule has 0 bridgehead atoms. The van der Waals surface area contributed by atoms with Crippen molar-refractivity contribution < 1.29 is 18.7 Å². The third kappa shape index (κ3) is 3.66. The Morgan fingerprint density at radius 3 is 2.62 bits per heavy atom. The molecular weight excluding hydrogens is 334 g/mol. The summed E-state index contributed by atoms with van der Waals surface area (Å²) in [6.07, 6.45) is 2.29. The molecule has 2 aromatic heterocycles. The first kappa shape index (κ1) is 18.2. The predicted molar refractivity (Wildman–Crippen MR) is 95.2 cm³/mol. The number of furan rings is 1. The van der Waals surface area contributed by atoms with Crippen molar-refractivity contribution in [2.75, 3.05) is 7.11 Å². The molecule has 7 heteroatoms. The maximum atomic E-state index is 12.5. The SMILES string of the molecule is COC(=O)c1cc(CNC(=O)c2cc(C3CC3)n(C(C)(C)C)n2)oc1C. The molecule has 2 heterocycles. The molecule has 0 radical (unpaired) electrons. The molecule has 1 saturated carbocycles. The standard InChI is InChI=1S/C19H25N3O4/c1-11-14(18(24)25-5)8-13(26-11)10-20-17(23)15-9-16(12-6-7-12)22(21-15)19(2,3)4/h8-9,12H,6-7,10H2,1-5H3,(H,20,23). The number of ether oxygens (including phenoxy) is 1. The van der Waals surface area contributed by atoms with Crippen molar-refractivity contribution in [2.24, 2.45) is 0 Å². The molecule has 0 saturated heterocycles. The van der Waals surface area contributed by atoms with E-state index in [9.17, 15) is 9.59 Å². The largest absolute Gasteiger partial charge is 0.465 e. The van der Waals surface area contributed by atoms with Crippen LogP contribution in [0.5, 0.6) is 0 Å². The lowest BCUT2D eigenvalue weighted by atomic mass is 10.1. The molecule has 1 aliphatic carbocycles. The highest BCUT2D eigenvalue weighted by Crippen LogP contribution is 2.41. The third-order valence-electron chi connectivity index (χ3n) is 4.40. The van der Waals surface area contributed by atoms with Crippen LogP contribution in [0.25, 0.3) is 0 Å². The summed E-state index contributed by atoms with van der Waals surface area (Å²) < 4.78 is 12.2. The van der Waals surface area contributed by atoms with Crippen LogP contribution in [0.3, 0.4) is 0 Å². The van der Waals surface area contributed by atoms with Crippen molar-refractivity contribution >= 4 is 11.9 Å². The Bertz CT molecular complexity index is 838. The van der Waals surface area contributed by atoms with E-state index in [2.05, 4.69) is 31.2 Å². The molecule has 0 unspecified atom stereocenters. The average molecular weight is 359 g/mol. The fraction of sp³-hybridized carbons (Fsp3) is 0.526. The zero-order chi connectivity index (χ0) is 19.1. The summed E-state index contributed by atoms with van der Waals surface area (Å²) in [7, 11) is 1.32. The number of carbonyl (C=O) groups excluding carboxylic acids is 2. The van der Waals surface area contributed by atoms with Gasteiger partial charge in [0.15, 0.2) is 0 Å². The lowest BCUT2D eigenvalue weighted by Gasteiger charge is -2.22. The minimum atomic E-state index is -0.457. The Balaban J connectivity index is 1.72. The Hall–Kier alpha value is -2.57. The third-order valence-corrected chi connectivity index (χ3v) is 4.40. The van der Waals surface area contributed by atoms with E-state index < -0.39 is 5.97 Å². The van der Waals surface area contributed by atoms with Gasteiger partial charge in [-0.05, 0) is 52.7 Å². The van der Waals surface area contributed by atoms with Crippen LogP contribution in [0.15, 0.2) is 16.5 Å². The second-order valence-electron chi connectivity index (χ2n) is 7.67. The molecule has 1 fully saturated rings. The number of esters is 1. The van der Waals surface area contributed by atoms with Crippen molar-refractivity contribution in [1.82, 2.24) is 15.1 Å². The highest BCUT2D eigenvalue weighted by atomic mass is 16.5. The zero-order valence-electron chi connectivity index (χ0n) is 15.9. The predicted octanol–water partition coefficient (Wildman–Crippen LogP) is 3.13. The number of rotatable bonds is 5. The normalized spacial score (nSPS) is 14.3. The van der Waals surface area contributed by atoms with E-state index in [-0.39, 0.29) is 18.0 Å². The first-order valence-electron chi connectivity index (χ1n) is 8.77. The molecule has 0 aromatic carbocycles. The summed E-state index contributed by atoms with van der Waals surface area (Å²) in [5, 5.41) is 7.32. The summed E-state index contributed by atoms with van der Waals surface area (Å²) in [6.45, 7) is 8.09. The quantitative estimate of drug-likeness (QED) is 0.829. The number of hydrogen-bond acceptors (Lipinski definition) is 5. The van der Waals surface area contributed by atoms with Crippen LogP contribution in [0.4, 0.5) is 0 Å². The molecule has 1 N–H and O–H groups in total. The number of aryl methyl sites for hydroxylation is 1. The van der Waals surface area contributed by atoms with Gasteiger partial charge in [-0.3, -0.25) is 9.48 Å². The Morgan fingerprint density at radius 2 is 2.04 bits per heavy atom. The average Bonchev–Trinajstić information content (AvgIpc) is 3.20. The van der Waals surface area contributed by atoms with Gasteiger partial charge in [0.05, 0.1) is 19.2 Å². The number of nitrogens with zero attached hydrogens (tertiary/aromatic N) is 2. The second-order valence-corrected chi connectivity index (χ2v) is 7.67. The smallest absolute Gasteiger partial charge is 0.341 e. The molecule has 7 nitrogen and oxygen atoms in total. The van der Waals surface area contributed by atoms with Gasteiger partial charge in [0, 0.05) is 11.6 Å². The topological polar surface area (TPSA) is 86.4 Å². The van der Waals surface area contributed by atoms with E-state index in [0.29, 0.717) is 28.7 Å². The van der Waals surface area contributed by atoms with Crippen LogP contribution in [-0.4, -0.2) is 28.8 Å². The minimum absolute atomic E-state index is 0.177. The van der Waals surface area contributed by atoms with Crippen LogP contribution in [0, 0.1) is 6.92 Å².